The molecule has 0 saturated heterocycles. The van der Waals surface area contributed by atoms with E-state index < -0.39 is 0 Å². The second-order valence-electron chi connectivity index (χ2n) is 9.00. The maximum atomic E-state index is 5.45. The zero-order valence-electron chi connectivity index (χ0n) is 20.4. The van der Waals surface area contributed by atoms with Crippen molar-refractivity contribution < 1.29 is 4.52 Å². The number of aromatic nitrogens is 5. The van der Waals surface area contributed by atoms with Crippen LogP contribution in [0.15, 0.2) is 95.9 Å². The first-order valence-corrected chi connectivity index (χ1v) is 11.9. The van der Waals surface area contributed by atoms with E-state index in [-0.39, 0.29) is 5.92 Å². The van der Waals surface area contributed by atoms with Crippen molar-refractivity contribution in [1.82, 2.24) is 24.7 Å². The standard InChI is InChI=1S/C30H25N5O/c1-19-10-12-22(13-11-19)35-18-23(29(24-8-4-6-16-31-24)25-9-5-7-17-32-25)30-27(35)15-14-26(33-30)28-20(2)34-36-21(28)3/h4-18,29H,1-3H3. The highest BCUT2D eigenvalue weighted by Gasteiger charge is 2.26. The van der Waals surface area contributed by atoms with E-state index in [1.54, 1.807) is 0 Å². The fourth-order valence-corrected chi connectivity index (χ4v) is 4.81. The summed E-state index contributed by atoms with van der Waals surface area (Å²) in [5.41, 5.74) is 9.67. The van der Waals surface area contributed by atoms with Gasteiger partial charge in [0.05, 0.1) is 45.3 Å². The van der Waals surface area contributed by atoms with E-state index in [1.165, 1.54) is 5.56 Å². The Morgan fingerprint density at radius 1 is 0.778 bits per heavy atom. The molecular formula is C30H25N5O. The SMILES string of the molecule is Cc1ccc(-n2cc(C(c3ccccn3)c3ccccn3)c3nc(-c4c(C)noc4C)ccc32)cc1. The zero-order valence-corrected chi connectivity index (χ0v) is 20.4. The van der Waals surface area contributed by atoms with Crippen LogP contribution in [0, 0.1) is 20.8 Å². The van der Waals surface area contributed by atoms with Gasteiger partial charge in [-0.15, -0.1) is 0 Å². The Morgan fingerprint density at radius 2 is 1.47 bits per heavy atom. The van der Waals surface area contributed by atoms with Crippen molar-refractivity contribution in [3.8, 4) is 16.9 Å². The molecule has 6 heteroatoms. The molecule has 0 radical (unpaired) electrons. The zero-order chi connectivity index (χ0) is 24.6. The van der Waals surface area contributed by atoms with Crippen molar-refractivity contribution in [3.05, 3.63) is 125 Å². The molecule has 0 aliphatic carbocycles. The van der Waals surface area contributed by atoms with Crippen LogP contribution in [0.2, 0.25) is 0 Å². The first-order chi connectivity index (χ1) is 17.6. The largest absolute Gasteiger partial charge is 0.361 e. The number of rotatable bonds is 5. The number of benzene rings is 1. The first kappa shape index (κ1) is 21.9. The van der Waals surface area contributed by atoms with Crippen molar-refractivity contribution in [2.45, 2.75) is 26.7 Å². The Labute approximate surface area is 209 Å². The molecule has 1 aromatic carbocycles. The van der Waals surface area contributed by atoms with Gasteiger partial charge in [-0.3, -0.25) is 9.97 Å². The van der Waals surface area contributed by atoms with E-state index >= 15 is 0 Å². The third-order valence-electron chi connectivity index (χ3n) is 6.55. The molecule has 0 amide bonds. The minimum absolute atomic E-state index is 0.186. The lowest BCUT2D eigenvalue weighted by Crippen LogP contribution is -2.07. The summed E-state index contributed by atoms with van der Waals surface area (Å²) in [6.07, 6.45) is 5.83. The van der Waals surface area contributed by atoms with E-state index in [9.17, 15) is 0 Å². The van der Waals surface area contributed by atoms with Crippen molar-refractivity contribution in [3.63, 3.8) is 0 Å². The molecule has 0 bridgehead atoms. The van der Waals surface area contributed by atoms with Gasteiger partial charge < -0.3 is 9.09 Å². The smallest absolute Gasteiger partial charge is 0.143 e. The second kappa shape index (κ2) is 8.89. The Kier molecular flexibility index (Phi) is 5.41. The van der Waals surface area contributed by atoms with Crippen molar-refractivity contribution >= 4 is 11.0 Å². The Morgan fingerprint density at radius 3 is 2.06 bits per heavy atom. The Hall–Kier alpha value is -4.58. The summed E-state index contributed by atoms with van der Waals surface area (Å²) >= 11 is 0. The van der Waals surface area contributed by atoms with Gasteiger partial charge in [0.1, 0.15) is 5.76 Å². The van der Waals surface area contributed by atoms with E-state index in [4.69, 9.17) is 19.5 Å². The molecule has 0 atom stereocenters. The number of aryl methyl sites for hydroxylation is 3. The van der Waals surface area contributed by atoms with Crippen LogP contribution in [0.5, 0.6) is 0 Å². The number of fused-ring (bicyclic) bond motifs is 1. The summed E-state index contributed by atoms with van der Waals surface area (Å²) in [5, 5.41) is 4.15. The van der Waals surface area contributed by atoms with Gasteiger partial charge in [-0.1, -0.05) is 35.0 Å². The highest BCUT2D eigenvalue weighted by molar-refractivity contribution is 5.86. The molecule has 0 unspecified atom stereocenters. The molecule has 6 aromatic rings. The summed E-state index contributed by atoms with van der Waals surface area (Å²) < 4.78 is 7.65. The van der Waals surface area contributed by atoms with E-state index in [2.05, 4.69) is 53.2 Å². The predicted molar refractivity (Wildman–Crippen MR) is 140 cm³/mol. The molecule has 0 aliphatic rings. The maximum Gasteiger partial charge on any atom is 0.143 e. The number of pyridine rings is 3. The average molecular weight is 472 g/mol. The van der Waals surface area contributed by atoms with Crippen LogP contribution in [0.25, 0.3) is 28.0 Å². The highest BCUT2D eigenvalue weighted by Crippen LogP contribution is 2.37. The Balaban J connectivity index is 1.66. The average Bonchev–Trinajstić information content (AvgIpc) is 3.45. The molecule has 5 heterocycles. The molecule has 0 spiro atoms. The number of nitrogens with zero attached hydrogens (tertiary/aromatic N) is 5. The fraction of sp³-hybridized carbons (Fsp3) is 0.133. The quantitative estimate of drug-likeness (QED) is 0.284. The number of hydrogen-bond donors (Lipinski definition) is 0. The van der Waals surface area contributed by atoms with Crippen molar-refractivity contribution in [2.75, 3.05) is 0 Å². The van der Waals surface area contributed by atoms with Gasteiger partial charge in [0.25, 0.3) is 0 Å². The molecular weight excluding hydrogens is 446 g/mol. The van der Waals surface area contributed by atoms with Gasteiger partial charge in [0.2, 0.25) is 0 Å². The molecule has 0 fully saturated rings. The lowest BCUT2D eigenvalue weighted by Gasteiger charge is -2.15. The first-order valence-electron chi connectivity index (χ1n) is 11.9. The van der Waals surface area contributed by atoms with Gasteiger partial charge in [-0.05, 0) is 69.3 Å². The number of hydrogen-bond acceptors (Lipinski definition) is 5. The second-order valence-corrected chi connectivity index (χ2v) is 9.00. The topological polar surface area (TPSA) is 69.6 Å². The Bertz CT molecular complexity index is 1590. The van der Waals surface area contributed by atoms with E-state index in [0.29, 0.717) is 0 Å². The molecule has 6 rings (SSSR count). The van der Waals surface area contributed by atoms with E-state index in [1.807, 2.05) is 68.7 Å². The summed E-state index contributed by atoms with van der Waals surface area (Å²) in [4.78, 5) is 14.7. The molecule has 6 nitrogen and oxygen atoms in total. The molecule has 5 aromatic heterocycles. The molecule has 176 valence electrons. The van der Waals surface area contributed by atoms with Gasteiger partial charge in [0.15, 0.2) is 0 Å². The molecule has 0 N–H and O–H groups in total. The van der Waals surface area contributed by atoms with Crippen LogP contribution in [0.4, 0.5) is 0 Å². The van der Waals surface area contributed by atoms with Gasteiger partial charge >= 0.3 is 0 Å². The molecule has 0 saturated carbocycles. The molecule has 0 aliphatic heterocycles. The normalized spacial score (nSPS) is 11.4. The van der Waals surface area contributed by atoms with Crippen LogP contribution >= 0.6 is 0 Å². The monoisotopic (exact) mass is 471 g/mol. The summed E-state index contributed by atoms with van der Waals surface area (Å²) in [6, 6.07) is 24.7. The summed E-state index contributed by atoms with van der Waals surface area (Å²) in [5.74, 6) is 0.568. The lowest BCUT2D eigenvalue weighted by atomic mass is 9.92. The van der Waals surface area contributed by atoms with Crippen molar-refractivity contribution in [1.29, 1.82) is 0 Å². The van der Waals surface area contributed by atoms with Crippen LogP contribution in [0.3, 0.4) is 0 Å². The maximum absolute atomic E-state index is 5.45. The minimum Gasteiger partial charge on any atom is -0.361 e. The van der Waals surface area contributed by atoms with Gasteiger partial charge in [-0.25, -0.2) is 4.98 Å². The van der Waals surface area contributed by atoms with E-state index in [0.717, 1.165) is 56.4 Å². The third kappa shape index (κ3) is 3.77. The minimum atomic E-state index is -0.186. The summed E-state index contributed by atoms with van der Waals surface area (Å²) in [6.45, 7) is 5.96. The molecule has 36 heavy (non-hydrogen) atoms. The van der Waals surface area contributed by atoms with Crippen molar-refractivity contribution in [2.24, 2.45) is 0 Å². The summed E-state index contributed by atoms with van der Waals surface area (Å²) in [7, 11) is 0. The van der Waals surface area contributed by atoms with Crippen LogP contribution in [-0.2, 0) is 0 Å². The lowest BCUT2D eigenvalue weighted by molar-refractivity contribution is 0.393. The third-order valence-corrected chi connectivity index (χ3v) is 6.55. The van der Waals surface area contributed by atoms with Gasteiger partial charge in [0, 0.05) is 29.8 Å². The van der Waals surface area contributed by atoms with Crippen LogP contribution < -0.4 is 0 Å². The highest BCUT2D eigenvalue weighted by atomic mass is 16.5. The van der Waals surface area contributed by atoms with Crippen LogP contribution in [0.1, 0.15) is 39.9 Å². The van der Waals surface area contributed by atoms with Gasteiger partial charge in [-0.2, -0.15) is 0 Å². The van der Waals surface area contributed by atoms with Crippen LogP contribution in [-0.4, -0.2) is 24.7 Å². The predicted octanol–water partition coefficient (Wildman–Crippen LogP) is 6.58. The fourth-order valence-electron chi connectivity index (χ4n) is 4.81.